The molecule has 0 spiro atoms. The summed E-state index contributed by atoms with van der Waals surface area (Å²) in [5, 5.41) is 0. The van der Waals surface area contributed by atoms with Crippen LogP contribution in [-0.2, 0) is 0 Å². The van der Waals surface area contributed by atoms with Crippen LogP contribution in [0.25, 0.3) is 0 Å². The van der Waals surface area contributed by atoms with Gasteiger partial charge in [-0.2, -0.15) is 0 Å². The predicted octanol–water partition coefficient (Wildman–Crippen LogP) is 3.70. The first-order valence-corrected chi connectivity index (χ1v) is 6.60. The maximum absolute atomic E-state index is 5.64. The highest BCUT2D eigenvalue weighted by molar-refractivity contribution is 9.10. The van der Waals surface area contributed by atoms with E-state index in [4.69, 9.17) is 5.84 Å². The molecule has 1 aromatic carbocycles. The summed E-state index contributed by atoms with van der Waals surface area (Å²) in [5.41, 5.74) is 5.42. The van der Waals surface area contributed by atoms with Crippen molar-refractivity contribution in [3.05, 3.63) is 33.8 Å². The summed E-state index contributed by atoms with van der Waals surface area (Å²) >= 11 is 3.60. The fourth-order valence-corrected chi connectivity index (χ4v) is 2.54. The van der Waals surface area contributed by atoms with Crippen molar-refractivity contribution in [1.82, 2.24) is 5.43 Å². The third-order valence-corrected chi connectivity index (χ3v) is 3.75. The van der Waals surface area contributed by atoms with Gasteiger partial charge in [-0.1, -0.05) is 48.3 Å². The molecule has 0 aromatic heterocycles. The van der Waals surface area contributed by atoms with Crippen LogP contribution in [0.5, 0.6) is 0 Å². The van der Waals surface area contributed by atoms with Gasteiger partial charge in [0.05, 0.1) is 0 Å². The lowest BCUT2D eigenvalue weighted by molar-refractivity contribution is 0.407. The van der Waals surface area contributed by atoms with E-state index in [-0.39, 0.29) is 6.04 Å². The number of rotatable bonds is 5. The van der Waals surface area contributed by atoms with Crippen LogP contribution in [-0.4, -0.2) is 0 Å². The van der Waals surface area contributed by atoms with E-state index in [1.54, 1.807) is 0 Å². The van der Waals surface area contributed by atoms with Crippen molar-refractivity contribution in [3.8, 4) is 0 Å². The maximum Gasteiger partial charge on any atom is 0.0473 e. The molecule has 0 amide bonds. The number of nitrogens with one attached hydrogen (secondary N) is 1. The van der Waals surface area contributed by atoms with Gasteiger partial charge in [0.1, 0.15) is 0 Å². The molecular formula is C13H21BrN2. The van der Waals surface area contributed by atoms with Gasteiger partial charge in [0.25, 0.3) is 0 Å². The molecular weight excluding hydrogens is 264 g/mol. The molecule has 0 saturated heterocycles. The maximum atomic E-state index is 5.64. The smallest absolute Gasteiger partial charge is 0.0473 e. The van der Waals surface area contributed by atoms with Crippen molar-refractivity contribution in [2.24, 2.45) is 11.8 Å². The molecule has 0 radical (unpaired) electrons. The van der Waals surface area contributed by atoms with Gasteiger partial charge in [-0.05, 0) is 36.5 Å². The van der Waals surface area contributed by atoms with E-state index in [9.17, 15) is 0 Å². The van der Waals surface area contributed by atoms with Crippen molar-refractivity contribution in [2.75, 3.05) is 0 Å². The van der Waals surface area contributed by atoms with E-state index in [1.165, 1.54) is 17.5 Å². The van der Waals surface area contributed by atoms with Gasteiger partial charge in [0.15, 0.2) is 0 Å². The number of aryl methyl sites for hydroxylation is 1. The first-order valence-electron chi connectivity index (χ1n) is 5.80. The lowest BCUT2D eigenvalue weighted by atomic mass is 9.94. The van der Waals surface area contributed by atoms with Crippen LogP contribution in [0.1, 0.15) is 43.9 Å². The third kappa shape index (κ3) is 3.58. The van der Waals surface area contributed by atoms with E-state index >= 15 is 0 Å². The lowest BCUT2D eigenvalue weighted by Gasteiger charge is -2.21. The predicted molar refractivity (Wildman–Crippen MR) is 73.0 cm³/mol. The first kappa shape index (κ1) is 13.7. The van der Waals surface area contributed by atoms with Gasteiger partial charge in [-0.25, -0.2) is 0 Å². The summed E-state index contributed by atoms with van der Waals surface area (Å²) in [6.45, 7) is 6.56. The minimum absolute atomic E-state index is 0.227. The Morgan fingerprint density at radius 1 is 1.44 bits per heavy atom. The summed E-state index contributed by atoms with van der Waals surface area (Å²) in [6.07, 6.45) is 2.25. The first-order chi connectivity index (χ1) is 7.58. The van der Waals surface area contributed by atoms with E-state index < -0.39 is 0 Å². The Kier molecular flexibility index (Phi) is 5.46. The number of hydrogen-bond acceptors (Lipinski definition) is 2. The fraction of sp³-hybridized carbons (Fsp3) is 0.538. The summed E-state index contributed by atoms with van der Waals surface area (Å²) < 4.78 is 1.14. The van der Waals surface area contributed by atoms with Crippen molar-refractivity contribution in [1.29, 1.82) is 0 Å². The molecule has 1 rings (SSSR count). The molecule has 3 heteroatoms. The minimum atomic E-state index is 0.227. The highest BCUT2D eigenvalue weighted by Crippen LogP contribution is 2.29. The molecule has 0 aliphatic carbocycles. The molecule has 0 fully saturated rings. The Morgan fingerprint density at radius 2 is 2.12 bits per heavy atom. The Hall–Kier alpha value is -0.380. The van der Waals surface area contributed by atoms with Crippen molar-refractivity contribution < 1.29 is 0 Å². The highest BCUT2D eigenvalue weighted by Gasteiger charge is 2.15. The molecule has 2 unspecified atom stereocenters. The molecule has 0 bridgehead atoms. The van der Waals surface area contributed by atoms with Gasteiger partial charge in [0.2, 0.25) is 0 Å². The number of halogens is 1. The van der Waals surface area contributed by atoms with Crippen LogP contribution in [0, 0.1) is 12.8 Å². The SMILES string of the molecule is CCC(C)CC(NN)c1ccc(C)cc1Br. The second kappa shape index (κ2) is 6.38. The fourth-order valence-electron chi connectivity index (χ4n) is 1.77. The largest absolute Gasteiger partial charge is 0.271 e. The van der Waals surface area contributed by atoms with E-state index in [0.29, 0.717) is 5.92 Å². The van der Waals surface area contributed by atoms with Crippen molar-refractivity contribution in [2.45, 2.75) is 39.7 Å². The third-order valence-electron chi connectivity index (χ3n) is 3.07. The quantitative estimate of drug-likeness (QED) is 0.639. The Labute approximate surface area is 107 Å². The van der Waals surface area contributed by atoms with E-state index in [2.05, 4.69) is 60.3 Å². The minimum Gasteiger partial charge on any atom is -0.271 e. The topological polar surface area (TPSA) is 38.0 Å². The summed E-state index contributed by atoms with van der Waals surface area (Å²) in [4.78, 5) is 0. The second-order valence-electron chi connectivity index (χ2n) is 4.49. The lowest BCUT2D eigenvalue weighted by Crippen LogP contribution is -2.29. The number of hydrogen-bond donors (Lipinski definition) is 2. The zero-order valence-electron chi connectivity index (χ0n) is 10.3. The average molecular weight is 285 g/mol. The van der Waals surface area contributed by atoms with E-state index in [0.717, 1.165) is 10.9 Å². The average Bonchev–Trinajstić information content (AvgIpc) is 2.26. The molecule has 3 N–H and O–H groups in total. The van der Waals surface area contributed by atoms with Crippen LogP contribution in [0.4, 0.5) is 0 Å². The molecule has 0 heterocycles. The van der Waals surface area contributed by atoms with Crippen LogP contribution in [0.15, 0.2) is 22.7 Å². The second-order valence-corrected chi connectivity index (χ2v) is 5.35. The summed E-state index contributed by atoms with van der Waals surface area (Å²) in [7, 11) is 0. The summed E-state index contributed by atoms with van der Waals surface area (Å²) in [6, 6.07) is 6.63. The zero-order chi connectivity index (χ0) is 12.1. The van der Waals surface area contributed by atoms with Crippen LogP contribution in [0.3, 0.4) is 0 Å². The molecule has 2 nitrogen and oxygen atoms in total. The Balaban J connectivity index is 2.86. The standard InChI is InChI=1S/C13H21BrN2/c1-4-9(2)8-13(16-15)11-6-5-10(3)7-12(11)14/h5-7,9,13,16H,4,8,15H2,1-3H3. The Morgan fingerprint density at radius 3 is 2.62 bits per heavy atom. The van der Waals surface area contributed by atoms with Crippen molar-refractivity contribution in [3.63, 3.8) is 0 Å². The molecule has 0 saturated carbocycles. The zero-order valence-corrected chi connectivity index (χ0v) is 11.8. The van der Waals surface area contributed by atoms with Gasteiger partial charge in [-0.15, -0.1) is 0 Å². The van der Waals surface area contributed by atoms with Gasteiger partial charge < -0.3 is 0 Å². The highest BCUT2D eigenvalue weighted by atomic mass is 79.9. The summed E-state index contributed by atoms with van der Waals surface area (Å²) in [5.74, 6) is 6.32. The van der Waals surface area contributed by atoms with Gasteiger partial charge in [0, 0.05) is 10.5 Å². The monoisotopic (exact) mass is 284 g/mol. The molecule has 2 atom stereocenters. The van der Waals surface area contributed by atoms with Gasteiger partial charge in [-0.3, -0.25) is 11.3 Å². The molecule has 90 valence electrons. The van der Waals surface area contributed by atoms with E-state index in [1.807, 2.05) is 0 Å². The molecule has 0 aliphatic rings. The molecule has 1 aromatic rings. The number of hydrazine groups is 1. The molecule has 0 aliphatic heterocycles. The van der Waals surface area contributed by atoms with Gasteiger partial charge >= 0.3 is 0 Å². The van der Waals surface area contributed by atoms with Crippen LogP contribution >= 0.6 is 15.9 Å². The number of benzene rings is 1. The normalized spacial score (nSPS) is 14.8. The van der Waals surface area contributed by atoms with Crippen LogP contribution in [0.2, 0.25) is 0 Å². The Bertz CT molecular complexity index is 339. The van der Waals surface area contributed by atoms with Crippen LogP contribution < -0.4 is 11.3 Å². The van der Waals surface area contributed by atoms with Crippen molar-refractivity contribution >= 4 is 15.9 Å². The molecule has 16 heavy (non-hydrogen) atoms. The number of nitrogens with two attached hydrogens (primary N) is 1.